The van der Waals surface area contributed by atoms with Crippen molar-refractivity contribution in [1.29, 1.82) is 0 Å². The molecule has 2 N–H and O–H groups in total. The largest absolute Gasteiger partial charge is 0.392 e. The molecule has 7 heteroatoms. The average Bonchev–Trinajstić information content (AvgIpc) is 2.46. The van der Waals surface area contributed by atoms with Gasteiger partial charge in [0, 0.05) is 24.2 Å². The van der Waals surface area contributed by atoms with Gasteiger partial charge in [0.1, 0.15) is 0 Å². The van der Waals surface area contributed by atoms with Crippen molar-refractivity contribution in [2.24, 2.45) is 0 Å². The van der Waals surface area contributed by atoms with Crippen molar-refractivity contribution in [3.63, 3.8) is 0 Å². The maximum atomic E-state index is 12.2. The van der Waals surface area contributed by atoms with Gasteiger partial charge in [0.15, 0.2) is 0 Å². The molecule has 1 rings (SSSR count). The van der Waals surface area contributed by atoms with E-state index in [0.29, 0.717) is 36.2 Å². The summed E-state index contributed by atoms with van der Waals surface area (Å²) >= 11 is 3.22. The fourth-order valence-electron chi connectivity index (χ4n) is 1.66. The number of sulfonamides is 1. The molecule has 0 heterocycles. The number of benzene rings is 1. The Morgan fingerprint density at radius 3 is 2.67 bits per heavy atom. The van der Waals surface area contributed by atoms with E-state index in [-0.39, 0.29) is 11.5 Å². The Kier molecular flexibility index (Phi) is 8.43. The highest BCUT2D eigenvalue weighted by molar-refractivity contribution is 9.10. The van der Waals surface area contributed by atoms with Crippen molar-refractivity contribution in [2.75, 3.05) is 19.8 Å². The van der Waals surface area contributed by atoms with Crippen molar-refractivity contribution >= 4 is 26.0 Å². The molecule has 0 unspecified atom stereocenters. The normalized spacial score (nSPS) is 11.8. The summed E-state index contributed by atoms with van der Waals surface area (Å²) in [6, 6.07) is 4.75. The summed E-state index contributed by atoms with van der Waals surface area (Å²) in [5.74, 6) is 0. The van der Waals surface area contributed by atoms with Crippen molar-refractivity contribution in [3.05, 3.63) is 28.2 Å². The van der Waals surface area contributed by atoms with Crippen molar-refractivity contribution in [2.45, 2.75) is 37.7 Å². The lowest BCUT2D eigenvalue weighted by atomic mass is 10.2. The summed E-state index contributed by atoms with van der Waals surface area (Å²) < 4.78 is 32.8. The van der Waals surface area contributed by atoms with Crippen LogP contribution < -0.4 is 4.72 Å². The highest BCUT2D eigenvalue weighted by atomic mass is 79.9. The van der Waals surface area contributed by atoms with Gasteiger partial charge in [0.25, 0.3) is 0 Å². The van der Waals surface area contributed by atoms with E-state index in [1.807, 2.05) is 0 Å². The van der Waals surface area contributed by atoms with Gasteiger partial charge in [0.2, 0.25) is 10.0 Å². The number of unbranched alkanes of at least 4 members (excludes halogenated alkanes) is 1. The molecule has 0 radical (unpaired) electrons. The minimum absolute atomic E-state index is 0.140. The Morgan fingerprint density at radius 1 is 1.29 bits per heavy atom. The van der Waals surface area contributed by atoms with E-state index in [4.69, 9.17) is 9.84 Å². The zero-order chi connectivity index (χ0) is 15.7. The van der Waals surface area contributed by atoms with Gasteiger partial charge < -0.3 is 9.84 Å². The molecule has 0 fully saturated rings. The van der Waals surface area contributed by atoms with Crippen LogP contribution >= 0.6 is 15.9 Å². The molecule has 21 heavy (non-hydrogen) atoms. The van der Waals surface area contributed by atoms with E-state index < -0.39 is 10.0 Å². The Balaban J connectivity index is 2.50. The molecule has 0 bridgehead atoms. The average molecular weight is 380 g/mol. The minimum atomic E-state index is -3.58. The maximum absolute atomic E-state index is 12.2. The van der Waals surface area contributed by atoms with E-state index in [1.165, 1.54) is 6.07 Å². The molecular weight excluding hydrogens is 358 g/mol. The second-order valence-electron chi connectivity index (χ2n) is 4.64. The third-order valence-electron chi connectivity index (χ3n) is 2.87. The Morgan fingerprint density at radius 2 is 2.00 bits per heavy atom. The smallest absolute Gasteiger partial charge is 0.241 e. The Hall–Kier alpha value is -0.470. The monoisotopic (exact) mass is 379 g/mol. The van der Waals surface area contributed by atoms with Gasteiger partial charge >= 0.3 is 0 Å². The minimum Gasteiger partial charge on any atom is -0.392 e. The summed E-state index contributed by atoms with van der Waals surface area (Å²) in [6.45, 7) is 3.48. The fraction of sp³-hybridized carbons (Fsp3) is 0.571. The second-order valence-corrected chi connectivity index (χ2v) is 7.23. The van der Waals surface area contributed by atoms with E-state index in [1.54, 1.807) is 12.1 Å². The Labute approximate surface area is 134 Å². The van der Waals surface area contributed by atoms with Crippen LogP contribution in [0.1, 0.15) is 31.7 Å². The molecular formula is C14H22BrNO4S. The van der Waals surface area contributed by atoms with Crippen LogP contribution in [-0.2, 0) is 21.4 Å². The lowest BCUT2D eigenvalue weighted by Crippen LogP contribution is -2.26. The van der Waals surface area contributed by atoms with Crippen LogP contribution in [-0.4, -0.2) is 33.3 Å². The Bertz CT molecular complexity index is 534. The third-order valence-corrected chi connectivity index (χ3v) is 5.32. The van der Waals surface area contributed by atoms with Gasteiger partial charge in [-0.1, -0.05) is 19.4 Å². The molecule has 0 aliphatic carbocycles. The topological polar surface area (TPSA) is 75.6 Å². The molecule has 0 spiro atoms. The molecule has 0 atom stereocenters. The lowest BCUT2D eigenvalue weighted by molar-refractivity contribution is 0.130. The number of nitrogens with one attached hydrogen (secondary N) is 1. The molecule has 0 aliphatic rings. The van der Waals surface area contributed by atoms with E-state index in [9.17, 15) is 8.42 Å². The number of halogens is 1. The van der Waals surface area contributed by atoms with Crippen molar-refractivity contribution in [1.82, 2.24) is 4.72 Å². The molecule has 0 amide bonds. The fourth-order valence-corrected chi connectivity index (χ4v) is 3.74. The first-order chi connectivity index (χ1) is 10.0. The number of hydrogen-bond acceptors (Lipinski definition) is 4. The van der Waals surface area contributed by atoms with Crippen LogP contribution in [0.25, 0.3) is 0 Å². The highest BCUT2D eigenvalue weighted by Gasteiger charge is 2.17. The molecule has 1 aromatic rings. The SMILES string of the molecule is CCCCOCCCNS(=O)(=O)c1cc(CO)ccc1Br. The van der Waals surface area contributed by atoms with Gasteiger partial charge in [-0.3, -0.25) is 0 Å². The summed E-state index contributed by atoms with van der Waals surface area (Å²) in [7, 11) is -3.58. The van der Waals surface area contributed by atoms with Gasteiger partial charge in [-0.2, -0.15) is 0 Å². The van der Waals surface area contributed by atoms with Crippen LogP contribution in [0.2, 0.25) is 0 Å². The van der Waals surface area contributed by atoms with Crippen molar-refractivity contribution in [3.8, 4) is 0 Å². The number of aliphatic hydroxyl groups is 1. The first kappa shape index (κ1) is 18.6. The van der Waals surface area contributed by atoms with Gasteiger partial charge in [-0.25, -0.2) is 13.1 Å². The number of hydrogen-bond donors (Lipinski definition) is 2. The standard InChI is InChI=1S/C14H22BrNO4S/c1-2-3-8-20-9-4-7-16-21(18,19)14-10-12(11-17)5-6-13(14)15/h5-6,10,16-17H,2-4,7-9,11H2,1H3. The van der Waals surface area contributed by atoms with Gasteiger partial charge in [0.05, 0.1) is 11.5 Å². The molecule has 0 aliphatic heterocycles. The van der Waals surface area contributed by atoms with Crippen molar-refractivity contribution < 1.29 is 18.3 Å². The molecule has 0 aromatic heterocycles. The van der Waals surface area contributed by atoms with E-state index in [2.05, 4.69) is 27.6 Å². The van der Waals surface area contributed by atoms with E-state index in [0.717, 1.165) is 12.8 Å². The number of ether oxygens (including phenoxy) is 1. The predicted molar refractivity (Wildman–Crippen MR) is 85.6 cm³/mol. The second kappa shape index (κ2) is 9.53. The first-order valence-corrected chi connectivity index (χ1v) is 9.25. The summed E-state index contributed by atoms with van der Waals surface area (Å²) in [5.41, 5.74) is 0.557. The quantitative estimate of drug-likeness (QED) is 0.612. The molecule has 5 nitrogen and oxygen atoms in total. The lowest BCUT2D eigenvalue weighted by Gasteiger charge is -2.10. The summed E-state index contributed by atoms with van der Waals surface area (Å²) in [5, 5.41) is 9.09. The molecule has 1 aromatic carbocycles. The summed E-state index contributed by atoms with van der Waals surface area (Å²) in [4.78, 5) is 0.140. The van der Waals surface area contributed by atoms with E-state index >= 15 is 0 Å². The van der Waals surface area contributed by atoms with Crippen LogP contribution in [0.5, 0.6) is 0 Å². The molecule has 0 saturated heterocycles. The zero-order valence-corrected chi connectivity index (χ0v) is 14.5. The van der Waals surface area contributed by atoms with Crippen LogP contribution in [0.4, 0.5) is 0 Å². The van der Waals surface area contributed by atoms with Gasteiger partial charge in [-0.15, -0.1) is 0 Å². The zero-order valence-electron chi connectivity index (χ0n) is 12.1. The number of aliphatic hydroxyl groups excluding tert-OH is 1. The molecule has 120 valence electrons. The number of rotatable bonds is 10. The molecule has 0 saturated carbocycles. The predicted octanol–water partition coefficient (Wildman–Crippen LogP) is 2.43. The first-order valence-electron chi connectivity index (χ1n) is 6.98. The highest BCUT2D eigenvalue weighted by Crippen LogP contribution is 2.23. The van der Waals surface area contributed by atoms with Gasteiger partial charge in [-0.05, 0) is 46.5 Å². The third kappa shape index (κ3) is 6.44. The van der Waals surface area contributed by atoms with Crippen LogP contribution in [0, 0.1) is 0 Å². The van der Waals surface area contributed by atoms with Crippen LogP contribution in [0.3, 0.4) is 0 Å². The van der Waals surface area contributed by atoms with Crippen LogP contribution in [0.15, 0.2) is 27.6 Å². The maximum Gasteiger partial charge on any atom is 0.241 e. The summed E-state index contributed by atoms with van der Waals surface area (Å²) in [6.07, 6.45) is 2.73.